The summed E-state index contributed by atoms with van der Waals surface area (Å²) < 4.78 is 100.0. The molecule has 0 nitrogen and oxygen atoms in total. The molecule has 0 aliphatic heterocycles. The third kappa shape index (κ3) is 2.24. The van der Waals surface area contributed by atoms with Gasteiger partial charge in [-0.15, -0.1) is 0 Å². The maximum absolute atomic E-state index is 13.2. The van der Waals surface area contributed by atoms with Gasteiger partial charge in [0.05, 0.1) is 0 Å². The minimum absolute atomic E-state index is 0.442. The van der Waals surface area contributed by atoms with Gasteiger partial charge in [0.1, 0.15) is 0 Å². The van der Waals surface area contributed by atoms with Gasteiger partial charge in [0.15, 0.2) is 0 Å². The van der Waals surface area contributed by atoms with E-state index in [0.29, 0.717) is 0 Å². The van der Waals surface area contributed by atoms with Crippen LogP contribution in [0.15, 0.2) is 0 Å². The third-order valence-corrected chi connectivity index (χ3v) is 2.09. The Morgan fingerprint density at radius 1 is 0.812 bits per heavy atom. The number of hydrogen-bond donors (Lipinski definition) is 0. The second-order valence-electron chi connectivity index (χ2n) is 3.51. The van der Waals surface area contributed by atoms with E-state index in [9.17, 15) is 35.1 Å². The highest BCUT2D eigenvalue weighted by atomic mass is 19.4. The molecule has 8 heteroatoms. The molecule has 0 saturated heterocycles. The van der Waals surface area contributed by atoms with Crippen LogP contribution in [0.1, 0.15) is 26.7 Å². The first kappa shape index (κ1) is 15.4. The summed E-state index contributed by atoms with van der Waals surface area (Å²) in [6.45, 7) is 0.548. The van der Waals surface area contributed by atoms with Crippen molar-refractivity contribution in [2.24, 2.45) is 0 Å². The van der Waals surface area contributed by atoms with Crippen LogP contribution in [0.2, 0.25) is 0 Å². The van der Waals surface area contributed by atoms with Gasteiger partial charge in [-0.1, -0.05) is 13.3 Å². The maximum Gasteiger partial charge on any atom is 0.428 e. The minimum atomic E-state index is -6.05. The average molecular weight is 258 g/mol. The molecule has 0 spiro atoms. The summed E-state index contributed by atoms with van der Waals surface area (Å²) in [7, 11) is 0. The van der Waals surface area contributed by atoms with Gasteiger partial charge in [0.25, 0.3) is 5.67 Å². The van der Waals surface area contributed by atoms with Gasteiger partial charge >= 0.3 is 18.0 Å². The second-order valence-corrected chi connectivity index (χ2v) is 3.51. The van der Waals surface area contributed by atoms with Crippen LogP contribution in [0, 0.1) is 0 Å². The molecule has 0 N–H and O–H groups in total. The van der Waals surface area contributed by atoms with Crippen LogP contribution in [0.5, 0.6) is 0 Å². The Morgan fingerprint density at radius 3 is 1.38 bits per heavy atom. The van der Waals surface area contributed by atoms with Crippen molar-refractivity contribution in [3.63, 3.8) is 0 Å². The van der Waals surface area contributed by atoms with E-state index >= 15 is 0 Å². The zero-order valence-corrected chi connectivity index (χ0v) is 8.44. The fourth-order valence-electron chi connectivity index (χ4n) is 1.17. The molecule has 0 rings (SSSR count). The first-order valence-corrected chi connectivity index (χ1v) is 4.32. The van der Waals surface area contributed by atoms with Crippen LogP contribution in [-0.4, -0.2) is 23.7 Å². The van der Waals surface area contributed by atoms with Gasteiger partial charge in [0, 0.05) is 6.92 Å². The zero-order valence-electron chi connectivity index (χ0n) is 8.44. The van der Waals surface area contributed by atoms with Gasteiger partial charge < -0.3 is 0 Å². The lowest BCUT2D eigenvalue weighted by molar-refractivity contribution is -0.351. The fraction of sp³-hybridized carbons (Fsp3) is 1.00. The molecule has 0 radical (unpaired) electrons. The highest BCUT2D eigenvalue weighted by molar-refractivity contribution is 5.04. The molecule has 0 aromatic rings. The lowest BCUT2D eigenvalue weighted by Crippen LogP contribution is -2.62. The van der Waals surface area contributed by atoms with Crippen molar-refractivity contribution in [2.75, 3.05) is 0 Å². The second kappa shape index (κ2) is 4.03. The molecule has 1 atom stereocenters. The monoisotopic (exact) mass is 258 g/mol. The largest absolute Gasteiger partial charge is 0.428 e. The van der Waals surface area contributed by atoms with Crippen molar-refractivity contribution < 1.29 is 35.1 Å². The van der Waals surface area contributed by atoms with Crippen LogP contribution in [0.3, 0.4) is 0 Å². The molecule has 1 unspecified atom stereocenters. The maximum atomic E-state index is 13.2. The third-order valence-electron chi connectivity index (χ3n) is 2.09. The quantitative estimate of drug-likeness (QED) is 0.658. The van der Waals surface area contributed by atoms with E-state index in [1.54, 1.807) is 0 Å². The van der Waals surface area contributed by atoms with E-state index in [-0.39, 0.29) is 0 Å². The summed E-state index contributed by atoms with van der Waals surface area (Å²) in [4.78, 5) is 0. The Bertz CT molecular complexity index is 237. The van der Waals surface area contributed by atoms with Crippen molar-refractivity contribution >= 4 is 0 Å². The number of halogens is 8. The van der Waals surface area contributed by atoms with Gasteiger partial charge in [-0.2, -0.15) is 22.0 Å². The summed E-state index contributed by atoms with van der Waals surface area (Å²) in [6.07, 6.45) is -8.40. The molecule has 16 heavy (non-hydrogen) atoms. The highest BCUT2D eigenvalue weighted by Gasteiger charge is 2.77. The Hall–Kier alpha value is -0.560. The molecule has 0 bridgehead atoms. The summed E-state index contributed by atoms with van der Waals surface area (Å²) in [5, 5.41) is 0. The predicted molar refractivity (Wildman–Crippen MR) is 40.4 cm³/mol. The summed E-state index contributed by atoms with van der Waals surface area (Å²) >= 11 is 0. The van der Waals surface area contributed by atoms with Gasteiger partial charge in [-0.3, -0.25) is 0 Å². The standard InChI is InChI=1S/C8H10F8/c1-3-4-6(11,8(14,15)16)7(12,13)5(2,9)10/h3-4H2,1-2H3. The molecule has 0 aliphatic carbocycles. The van der Waals surface area contributed by atoms with E-state index < -0.39 is 43.5 Å². The number of alkyl halides is 8. The Morgan fingerprint density at radius 2 is 1.19 bits per heavy atom. The van der Waals surface area contributed by atoms with Crippen LogP contribution in [0.4, 0.5) is 35.1 Å². The fourth-order valence-corrected chi connectivity index (χ4v) is 1.17. The molecule has 0 saturated carbocycles. The number of rotatable bonds is 4. The SMILES string of the molecule is CCCC(F)(C(F)(F)F)C(F)(F)C(C)(F)F. The van der Waals surface area contributed by atoms with Crippen LogP contribution in [-0.2, 0) is 0 Å². The zero-order chi connectivity index (χ0) is 13.4. The molecule has 0 heterocycles. The minimum Gasteiger partial charge on any atom is -0.227 e. The lowest BCUT2D eigenvalue weighted by Gasteiger charge is -2.37. The topological polar surface area (TPSA) is 0 Å². The molecule has 0 fully saturated rings. The van der Waals surface area contributed by atoms with Crippen molar-refractivity contribution in [3.05, 3.63) is 0 Å². The van der Waals surface area contributed by atoms with E-state index in [1.807, 2.05) is 0 Å². The van der Waals surface area contributed by atoms with E-state index in [2.05, 4.69) is 0 Å². The van der Waals surface area contributed by atoms with E-state index in [1.165, 1.54) is 0 Å². The normalized spacial score (nSPS) is 18.4. The summed E-state index contributed by atoms with van der Waals surface area (Å²) in [6, 6.07) is 0. The molecule has 0 aromatic carbocycles. The van der Waals surface area contributed by atoms with E-state index in [4.69, 9.17) is 0 Å². The number of hydrogen-bond acceptors (Lipinski definition) is 0. The molecule has 0 aliphatic rings. The van der Waals surface area contributed by atoms with Crippen molar-refractivity contribution in [1.82, 2.24) is 0 Å². The van der Waals surface area contributed by atoms with Crippen LogP contribution in [0.25, 0.3) is 0 Å². The van der Waals surface area contributed by atoms with Crippen molar-refractivity contribution in [2.45, 2.75) is 50.4 Å². The molecule has 98 valence electrons. The Kier molecular flexibility index (Phi) is 3.89. The average Bonchev–Trinajstić information content (AvgIpc) is 1.99. The van der Waals surface area contributed by atoms with E-state index in [0.717, 1.165) is 6.92 Å². The van der Waals surface area contributed by atoms with Gasteiger partial charge in [0.2, 0.25) is 0 Å². The molecular formula is C8H10F8. The van der Waals surface area contributed by atoms with Crippen molar-refractivity contribution in [3.8, 4) is 0 Å². The Balaban J connectivity index is 5.54. The lowest BCUT2D eigenvalue weighted by atomic mass is 9.88. The first-order valence-electron chi connectivity index (χ1n) is 4.32. The first-order chi connectivity index (χ1) is 6.81. The van der Waals surface area contributed by atoms with Crippen LogP contribution < -0.4 is 0 Å². The molecule has 0 amide bonds. The predicted octanol–water partition coefficient (Wildman–Crippen LogP) is 4.35. The smallest absolute Gasteiger partial charge is 0.227 e. The van der Waals surface area contributed by atoms with Crippen molar-refractivity contribution in [1.29, 1.82) is 0 Å². The summed E-state index contributed by atoms with van der Waals surface area (Å²) in [5.74, 6) is -10.9. The molecule has 0 aromatic heterocycles. The molecular weight excluding hydrogens is 248 g/mol. The highest BCUT2D eigenvalue weighted by Crippen LogP contribution is 2.54. The van der Waals surface area contributed by atoms with Crippen LogP contribution >= 0.6 is 0 Å². The Labute approximate surface area is 86.6 Å². The van der Waals surface area contributed by atoms with Gasteiger partial charge in [-0.25, -0.2) is 13.2 Å². The summed E-state index contributed by atoms with van der Waals surface area (Å²) in [5.41, 5.74) is -5.22. The van der Waals surface area contributed by atoms with Gasteiger partial charge in [-0.05, 0) is 6.42 Å².